The molecule has 0 amide bonds. The molecule has 4 aromatic rings. The van der Waals surface area contributed by atoms with E-state index in [1.165, 1.54) is 10.9 Å². The van der Waals surface area contributed by atoms with Crippen molar-refractivity contribution in [2.24, 2.45) is 0 Å². The predicted molar refractivity (Wildman–Crippen MR) is 108 cm³/mol. The number of furan rings is 1. The first-order valence-corrected chi connectivity index (χ1v) is 9.40. The van der Waals surface area contributed by atoms with Crippen LogP contribution in [0.15, 0.2) is 34.9 Å². The Morgan fingerprint density at radius 1 is 1.22 bits per heavy atom. The van der Waals surface area contributed by atoms with Gasteiger partial charge in [-0.1, -0.05) is 5.21 Å². The molecule has 0 spiro atoms. The number of halogens is 2. The highest BCUT2D eigenvalue weighted by Gasteiger charge is 2.22. The maximum absolute atomic E-state index is 14.7. The summed E-state index contributed by atoms with van der Waals surface area (Å²) in [5, 5.41) is 7.93. The summed E-state index contributed by atoms with van der Waals surface area (Å²) in [7, 11) is 0. The Hall–Kier alpha value is -4.09. The number of anilines is 1. The lowest BCUT2D eigenvalue weighted by molar-refractivity contribution is 0.0205. The van der Waals surface area contributed by atoms with Crippen LogP contribution in [0.4, 0.5) is 19.5 Å². The fourth-order valence-electron chi connectivity index (χ4n) is 2.87. The number of nitrogen functional groups attached to an aromatic ring is 1. The highest BCUT2D eigenvalue weighted by molar-refractivity contribution is 5.85. The summed E-state index contributed by atoms with van der Waals surface area (Å²) in [6.07, 6.45) is 0.374. The molecule has 32 heavy (non-hydrogen) atoms. The van der Waals surface area contributed by atoms with Crippen molar-refractivity contribution in [1.29, 1.82) is 0 Å². The van der Waals surface area contributed by atoms with Crippen LogP contribution in [0.2, 0.25) is 0 Å². The highest BCUT2D eigenvalue weighted by Crippen LogP contribution is 2.27. The van der Waals surface area contributed by atoms with Crippen LogP contribution < -0.4 is 10.5 Å². The summed E-state index contributed by atoms with van der Waals surface area (Å²) in [4.78, 5) is 20.0. The second kappa shape index (κ2) is 7.87. The molecule has 0 saturated heterocycles. The predicted octanol–water partition coefficient (Wildman–Crippen LogP) is 3.70. The topological polar surface area (TPSA) is 131 Å². The van der Waals surface area contributed by atoms with Gasteiger partial charge >= 0.3 is 6.16 Å². The number of hydrogen-bond acceptors (Lipinski definition) is 9. The number of benzene rings is 1. The van der Waals surface area contributed by atoms with Crippen LogP contribution in [-0.4, -0.2) is 36.7 Å². The Balaban J connectivity index is 1.64. The molecule has 12 heteroatoms. The van der Waals surface area contributed by atoms with Crippen molar-refractivity contribution in [2.45, 2.75) is 32.9 Å². The zero-order valence-electron chi connectivity index (χ0n) is 17.3. The number of hydrogen-bond donors (Lipinski definition) is 1. The number of carbonyl (C=O) groups is 1. The summed E-state index contributed by atoms with van der Waals surface area (Å²) in [6.45, 7) is 4.55. The molecular weight excluding hydrogens is 426 g/mol. The van der Waals surface area contributed by atoms with Crippen LogP contribution in [0, 0.1) is 11.6 Å². The number of ether oxygens (including phenoxy) is 2. The maximum atomic E-state index is 14.7. The van der Waals surface area contributed by atoms with E-state index in [9.17, 15) is 13.6 Å². The first-order chi connectivity index (χ1) is 15.1. The minimum atomic E-state index is -1.08. The third kappa shape index (κ3) is 4.33. The minimum Gasteiger partial charge on any atom is -0.463 e. The van der Waals surface area contributed by atoms with Gasteiger partial charge in [0.2, 0.25) is 5.95 Å². The first kappa shape index (κ1) is 21.2. The van der Waals surface area contributed by atoms with E-state index in [0.29, 0.717) is 11.5 Å². The summed E-state index contributed by atoms with van der Waals surface area (Å²) >= 11 is 0. The Labute approximate surface area is 180 Å². The van der Waals surface area contributed by atoms with Gasteiger partial charge in [-0.3, -0.25) is 0 Å². The van der Waals surface area contributed by atoms with E-state index >= 15 is 0 Å². The largest absolute Gasteiger partial charge is 0.514 e. The molecule has 2 N–H and O–H groups in total. The SMILES string of the molecule is CC(C)(C)OC(=O)Oc1cc(F)c(Cn2nnc3c(-c4ccco4)nc(N)nc32)c(F)c1. The van der Waals surface area contributed by atoms with Gasteiger partial charge in [0, 0.05) is 17.7 Å². The third-order valence-corrected chi connectivity index (χ3v) is 4.15. The standard InChI is InChI=1S/C20H18F2N6O4/c1-20(2,3)32-19(29)31-10-7-12(21)11(13(22)8-10)9-28-17-16(26-27-28)15(24-18(23)25-17)14-5-4-6-30-14/h4-8H,9H2,1-3H3,(H2,23,24,25). The van der Waals surface area contributed by atoms with E-state index in [-0.39, 0.29) is 35.0 Å². The smallest absolute Gasteiger partial charge is 0.463 e. The van der Waals surface area contributed by atoms with Crippen LogP contribution in [0.3, 0.4) is 0 Å². The van der Waals surface area contributed by atoms with E-state index in [0.717, 1.165) is 12.1 Å². The Kier molecular flexibility index (Phi) is 5.20. The lowest BCUT2D eigenvalue weighted by Crippen LogP contribution is -2.26. The molecule has 0 aliphatic carbocycles. The van der Waals surface area contributed by atoms with Crippen LogP contribution in [0.5, 0.6) is 5.75 Å². The van der Waals surface area contributed by atoms with Crippen LogP contribution in [0.25, 0.3) is 22.6 Å². The van der Waals surface area contributed by atoms with E-state index in [2.05, 4.69) is 20.3 Å². The third-order valence-electron chi connectivity index (χ3n) is 4.15. The van der Waals surface area contributed by atoms with Crippen LogP contribution >= 0.6 is 0 Å². The summed E-state index contributed by atoms with van der Waals surface area (Å²) in [5.41, 5.74) is 5.33. The highest BCUT2D eigenvalue weighted by atomic mass is 19.1. The molecule has 3 aromatic heterocycles. The van der Waals surface area contributed by atoms with Crippen LogP contribution in [-0.2, 0) is 11.3 Å². The van der Waals surface area contributed by atoms with Crippen molar-refractivity contribution >= 4 is 23.3 Å². The fraction of sp³-hybridized carbons (Fsp3) is 0.250. The first-order valence-electron chi connectivity index (χ1n) is 9.40. The molecule has 0 unspecified atom stereocenters. The van der Waals surface area contributed by atoms with Gasteiger partial charge in [-0.05, 0) is 32.9 Å². The normalized spacial score (nSPS) is 11.7. The molecule has 0 radical (unpaired) electrons. The molecule has 0 aliphatic rings. The van der Waals surface area contributed by atoms with Crippen molar-refractivity contribution in [2.75, 3.05) is 5.73 Å². The number of aromatic nitrogens is 5. The van der Waals surface area contributed by atoms with E-state index < -0.39 is 23.4 Å². The number of fused-ring (bicyclic) bond motifs is 1. The molecule has 0 bridgehead atoms. The van der Waals surface area contributed by atoms with Gasteiger partial charge in [0.25, 0.3) is 0 Å². The average Bonchev–Trinajstić information content (AvgIpc) is 3.33. The minimum absolute atomic E-state index is 0.0884. The molecule has 0 saturated carbocycles. The Morgan fingerprint density at radius 3 is 2.56 bits per heavy atom. The molecule has 10 nitrogen and oxygen atoms in total. The van der Waals surface area contributed by atoms with Crippen molar-refractivity contribution < 1.29 is 27.5 Å². The zero-order chi connectivity index (χ0) is 23.0. The van der Waals surface area contributed by atoms with E-state index in [1.807, 2.05) is 0 Å². The van der Waals surface area contributed by atoms with Gasteiger partial charge in [-0.2, -0.15) is 4.98 Å². The van der Waals surface area contributed by atoms with Gasteiger partial charge in [-0.15, -0.1) is 5.10 Å². The molecular formula is C20H18F2N6O4. The van der Waals surface area contributed by atoms with Crippen molar-refractivity contribution in [3.05, 3.63) is 47.7 Å². The zero-order valence-corrected chi connectivity index (χ0v) is 17.3. The lowest BCUT2D eigenvalue weighted by atomic mass is 10.2. The molecule has 4 rings (SSSR count). The number of nitrogens with two attached hydrogens (primary N) is 1. The lowest BCUT2D eigenvalue weighted by Gasteiger charge is -2.18. The molecule has 3 heterocycles. The van der Waals surface area contributed by atoms with Crippen molar-refractivity contribution in [3.63, 3.8) is 0 Å². The summed E-state index contributed by atoms with van der Waals surface area (Å²) in [5.74, 6) is -1.96. The van der Waals surface area contributed by atoms with E-state index in [4.69, 9.17) is 19.6 Å². The average molecular weight is 444 g/mol. The number of rotatable bonds is 4. The second-order valence-corrected chi connectivity index (χ2v) is 7.76. The van der Waals surface area contributed by atoms with Gasteiger partial charge in [-0.25, -0.2) is 23.2 Å². The molecule has 0 aliphatic heterocycles. The van der Waals surface area contributed by atoms with E-state index in [1.54, 1.807) is 32.9 Å². The summed E-state index contributed by atoms with van der Waals surface area (Å²) < 4.78 is 45.7. The molecule has 166 valence electrons. The number of carbonyl (C=O) groups excluding carboxylic acids is 1. The van der Waals surface area contributed by atoms with Crippen molar-refractivity contribution in [3.8, 4) is 17.2 Å². The monoisotopic (exact) mass is 444 g/mol. The Morgan fingerprint density at radius 2 is 1.94 bits per heavy atom. The Bertz CT molecular complexity index is 1270. The quantitative estimate of drug-likeness (QED) is 0.370. The van der Waals surface area contributed by atoms with Gasteiger partial charge < -0.3 is 19.6 Å². The molecule has 0 fully saturated rings. The van der Waals surface area contributed by atoms with Gasteiger partial charge in [0.1, 0.15) is 28.7 Å². The van der Waals surface area contributed by atoms with Crippen molar-refractivity contribution in [1.82, 2.24) is 25.0 Å². The summed E-state index contributed by atoms with van der Waals surface area (Å²) in [6, 6.07) is 5.07. The molecule has 1 aromatic carbocycles. The molecule has 0 atom stereocenters. The van der Waals surface area contributed by atoms with Gasteiger partial charge in [0.05, 0.1) is 12.8 Å². The van der Waals surface area contributed by atoms with Crippen LogP contribution in [0.1, 0.15) is 26.3 Å². The van der Waals surface area contributed by atoms with Gasteiger partial charge in [0.15, 0.2) is 16.9 Å². The second-order valence-electron chi connectivity index (χ2n) is 7.76. The maximum Gasteiger partial charge on any atom is 0.514 e. The fourth-order valence-corrected chi connectivity index (χ4v) is 2.87. The number of nitrogens with zero attached hydrogens (tertiary/aromatic N) is 5.